The van der Waals surface area contributed by atoms with Crippen LogP contribution in [0.5, 0.6) is 0 Å². The maximum atomic E-state index is 13.5. The topological polar surface area (TPSA) is 22.1 Å². The van der Waals surface area contributed by atoms with Gasteiger partial charge in [0.1, 0.15) is 5.82 Å². The van der Waals surface area contributed by atoms with E-state index in [0.29, 0.717) is 13.2 Å². The maximum Gasteiger partial charge on any atom is 0.123 e. The molecule has 2 nitrogen and oxygen atoms in total. The zero-order valence-corrected chi connectivity index (χ0v) is 15.8. The second-order valence-corrected chi connectivity index (χ2v) is 7.61. The highest BCUT2D eigenvalue weighted by Crippen LogP contribution is 2.37. The summed E-state index contributed by atoms with van der Waals surface area (Å²) in [6.45, 7) is 1.24. The maximum absolute atomic E-state index is 13.5. The highest BCUT2D eigenvalue weighted by molar-refractivity contribution is 6.13. The van der Waals surface area contributed by atoms with Crippen molar-refractivity contribution >= 4 is 32.4 Å². The summed E-state index contributed by atoms with van der Waals surface area (Å²) < 4.78 is 19.3. The van der Waals surface area contributed by atoms with Crippen LogP contribution in [0.25, 0.3) is 43.7 Å². The summed E-state index contributed by atoms with van der Waals surface area (Å²) in [5.41, 5.74) is 5.23. The Labute approximate surface area is 167 Å². The van der Waals surface area contributed by atoms with E-state index in [1.807, 2.05) is 0 Å². The van der Waals surface area contributed by atoms with Crippen LogP contribution in [0.2, 0.25) is 0 Å². The lowest BCUT2D eigenvalue weighted by atomic mass is 9.90. The lowest BCUT2D eigenvalue weighted by molar-refractivity contribution is 0.111. The Kier molecular flexibility index (Phi) is 3.65. The van der Waals surface area contributed by atoms with Gasteiger partial charge in [-0.15, -0.1) is 0 Å². The van der Waals surface area contributed by atoms with Crippen molar-refractivity contribution in [2.75, 3.05) is 6.61 Å². The molecule has 0 bridgehead atoms. The molecule has 140 valence electrons. The van der Waals surface area contributed by atoms with E-state index in [4.69, 9.17) is 9.72 Å². The second kappa shape index (κ2) is 6.36. The van der Waals surface area contributed by atoms with E-state index in [-0.39, 0.29) is 5.82 Å². The monoisotopic (exact) mass is 379 g/mol. The third kappa shape index (κ3) is 2.62. The van der Waals surface area contributed by atoms with Gasteiger partial charge < -0.3 is 4.74 Å². The molecule has 6 rings (SSSR count). The third-order valence-corrected chi connectivity index (χ3v) is 5.91. The van der Waals surface area contributed by atoms with E-state index in [2.05, 4.69) is 48.5 Å². The molecule has 0 amide bonds. The van der Waals surface area contributed by atoms with Gasteiger partial charge in [-0.25, -0.2) is 9.37 Å². The Morgan fingerprint density at radius 3 is 2.41 bits per heavy atom. The first kappa shape index (κ1) is 16.6. The molecule has 0 aliphatic carbocycles. The molecule has 0 radical (unpaired) electrons. The smallest absolute Gasteiger partial charge is 0.123 e. The Hall–Kier alpha value is -3.30. The zero-order chi connectivity index (χ0) is 19.4. The molecule has 2 heterocycles. The predicted molar refractivity (Wildman–Crippen MR) is 116 cm³/mol. The van der Waals surface area contributed by atoms with Crippen molar-refractivity contribution in [2.45, 2.75) is 13.0 Å². The summed E-state index contributed by atoms with van der Waals surface area (Å²) in [5, 5.41) is 6.15. The Bertz CT molecular complexity index is 1410. The molecule has 0 fully saturated rings. The number of hydrogen-bond acceptors (Lipinski definition) is 2. The van der Waals surface area contributed by atoms with Gasteiger partial charge in [-0.3, -0.25) is 0 Å². The van der Waals surface area contributed by atoms with Gasteiger partial charge in [-0.1, -0.05) is 30.3 Å². The van der Waals surface area contributed by atoms with Gasteiger partial charge in [0.25, 0.3) is 0 Å². The van der Waals surface area contributed by atoms with Crippen molar-refractivity contribution in [3.05, 3.63) is 89.7 Å². The number of rotatable bonds is 1. The fourth-order valence-corrected chi connectivity index (χ4v) is 4.52. The number of benzene rings is 4. The standard InChI is InChI=1S/C26H18FNO/c27-20-8-5-16(6-9-20)26-23-15-29-12-11-21(23)25-22-14-18-4-2-1-3-17(18)13-19(22)7-10-24(25)28-26/h1-10,13-14H,11-12,15H2. The van der Waals surface area contributed by atoms with Crippen molar-refractivity contribution in [1.29, 1.82) is 0 Å². The van der Waals surface area contributed by atoms with Crippen LogP contribution in [-0.4, -0.2) is 11.6 Å². The van der Waals surface area contributed by atoms with Crippen LogP contribution in [-0.2, 0) is 17.8 Å². The fourth-order valence-electron chi connectivity index (χ4n) is 4.52. The molecule has 3 heteroatoms. The number of halogens is 1. The van der Waals surface area contributed by atoms with Crippen LogP contribution in [0.3, 0.4) is 0 Å². The van der Waals surface area contributed by atoms with Gasteiger partial charge in [0.2, 0.25) is 0 Å². The quantitative estimate of drug-likeness (QED) is 0.248. The molecule has 1 aliphatic rings. The van der Waals surface area contributed by atoms with E-state index >= 15 is 0 Å². The molecule has 0 N–H and O–H groups in total. The normalized spacial score (nSPS) is 13.8. The summed E-state index contributed by atoms with van der Waals surface area (Å²) in [6, 6.07) is 23.8. The molecule has 4 aromatic carbocycles. The summed E-state index contributed by atoms with van der Waals surface area (Å²) in [5.74, 6) is -0.238. The van der Waals surface area contributed by atoms with Crippen LogP contribution in [0.1, 0.15) is 11.1 Å². The van der Waals surface area contributed by atoms with E-state index in [9.17, 15) is 4.39 Å². The summed E-state index contributed by atoms with van der Waals surface area (Å²) in [4.78, 5) is 5.02. The largest absolute Gasteiger partial charge is 0.376 e. The van der Waals surface area contributed by atoms with Gasteiger partial charge in [0.05, 0.1) is 24.4 Å². The third-order valence-electron chi connectivity index (χ3n) is 5.91. The molecule has 0 saturated carbocycles. The Balaban J connectivity index is 1.72. The van der Waals surface area contributed by atoms with Crippen molar-refractivity contribution in [2.24, 2.45) is 0 Å². The molecule has 1 aliphatic heterocycles. The average Bonchev–Trinajstić information content (AvgIpc) is 2.77. The fraction of sp³-hybridized carbons (Fsp3) is 0.115. The van der Waals surface area contributed by atoms with Crippen LogP contribution < -0.4 is 0 Å². The predicted octanol–water partition coefficient (Wildman–Crippen LogP) is 6.42. The SMILES string of the molecule is Fc1ccc(-c2nc3ccc4cc5ccccc5cc4c3c3c2COCC3)cc1. The summed E-state index contributed by atoms with van der Waals surface area (Å²) >= 11 is 0. The minimum absolute atomic E-state index is 0.238. The first-order valence-electron chi connectivity index (χ1n) is 9.88. The van der Waals surface area contributed by atoms with Crippen molar-refractivity contribution in [3.63, 3.8) is 0 Å². The molecule has 29 heavy (non-hydrogen) atoms. The first-order chi connectivity index (χ1) is 14.3. The van der Waals surface area contributed by atoms with E-state index in [0.717, 1.165) is 28.8 Å². The number of nitrogens with zero attached hydrogens (tertiary/aromatic N) is 1. The van der Waals surface area contributed by atoms with E-state index in [1.54, 1.807) is 12.1 Å². The van der Waals surface area contributed by atoms with Crippen LogP contribution in [0.4, 0.5) is 4.39 Å². The number of fused-ring (bicyclic) bond motifs is 6. The number of pyridine rings is 1. The number of hydrogen-bond donors (Lipinski definition) is 0. The summed E-state index contributed by atoms with van der Waals surface area (Å²) in [7, 11) is 0. The van der Waals surface area contributed by atoms with E-state index in [1.165, 1.54) is 44.6 Å². The van der Waals surface area contributed by atoms with Gasteiger partial charge in [-0.2, -0.15) is 0 Å². The zero-order valence-electron chi connectivity index (χ0n) is 15.8. The highest BCUT2D eigenvalue weighted by atomic mass is 19.1. The van der Waals surface area contributed by atoms with Crippen molar-refractivity contribution in [1.82, 2.24) is 4.98 Å². The minimum Gasteiger partial charge on any atom is -0.376 e. The molecular weight excluding hydrogens is 361 g/mol. The Morgan fingerprint density at radius 2 is 1.59 bits per heavy atom. The van der Waals surface area contributed by atoms with Crippen LogP contribution in [0, 0.1) is 5.82 Å². The second-order valence-electron chi connectivity index (χ2n) is 7.61. The Morgan fingerprint density at radius 1 is 0.793 bits per heavy atom. The van der Waals surface area contributed by atoms with Gasteiger partial charge >= 0.3 is 0 Å². The van der Waals surface area contributed by atoms with Crippen molar-refractivity contribution in [3.8, 4) is 11.3 Å². The average molecular weight is 379 g/mol. The number of ether oxygens (including phenoxy) is 1. The molecule has 1 aromatic heterocycles. The molecule has 0 unspecified atom stereocenters. The number of aromatic nitrogens is 1. The minimum atomic E-state index is -0.238. The van der Waals surface area contributed by atoms with E-state index < -0.39 is 0 Å². The highest BCUT2D eigenvalue weighted by Gasteiger charge is 2.21. The van der Waals surface area contributed by atoms with Gasteiger partial charge in [0, 0.05) is 16.5 Å². The van der Waals surface area contributed by atoms with Gasteiger partial charge in [0.15, 0.2) is 0 Å². The van der Waals surface area contributed by atoms with Gasteiger partial charge in [-0.05, 0) is 76.0 Å². The lowest BCUT2D eigenvalue weighted by Crippen LogP contribution is -2.13. The molecular formula is C26H18FNO. The molecule has 0 saturated heterocycles. The van der Waals surface area contributed by atoms with Crippen molar-refractivity contribution < 1.29 is 9.13 Å². The first-order valence-corrected chi connectivity index (χ1v) is 9.88. The summed E-state index contributed by atoms with van der Waals surface area (Å²) in [6.07, 6.45) is 0.856. The van der Waals surface area contributed by atoms with Crippen LogP contribution in [0.15, 0.2) is 72.8 Å². The lowest BCUT2D eigenvalue weighted by Gasteiger charge is -2.22. The molecule has 0 spiro atoms. The molecule has 0 atom stereocenters. The van der Waals surface area contributed by atoms with Crippen LogP contribution >= 0.6 is 0 Å². The molecule has 5 aromatic rings.